The second-order valence-corrected chi connectivity index (χ2v) is 6.80. The Hall–Kier alpha value is -3.35. The summed E-state index contributed by atoms with van der Waals surface area (Å²) in [6.45, 7) is 2.41. The predicted molar refractivity (Wildman–Crippen MR) is 108 cm³/mol. The van der Waals surface area contributed by atoms with Crippen LogP contribution in [0.25, 0.3) is 22.1 Å². The van der Waals surface area contributed by atoms with Crippen molar-refractivity contribution in [2.75, 3.05) is 5.32 Å². The van der Waals surface area contributed by atoms with Gasteiger partial charge in [-0.05, 0) is 36.8 Å². The zero-order valence-electron chi connectivity index (χ0n) is 15.7. The van der Waals surface area contributed by atoms with E-state index in [1.807, 2.05) is 30.3 Å². The molecule has 0 spiro atoms. The number of imidazole rings is 1. The Morgan fingerprint density at radius 3 is 2.96 bits per heavy atom. The molecule has 1 amide bonds. The molecule has 0 aliphatic carbocycles. The van der Waals surface area contributed by atoms with Gasteiger partial charge in [-0.3, -0.25) is 9.36 Å². The molecular weight excluding hydrogens is 356 g/mol. The van der Waals surface area contributed by atoms with E-state index < -0.39 is 5.76 Å². The van der Waals surface area contributed by atoms with E-state index >= 15 is 0 Å². The van der Waals surface area contributed by atoms with Gasteiger partial charge >= 0.3 is 5.76 Å². The highest BCUT2D eigenvalue weighted by Gasteiger charge is 2.11. The molecule has 144 valence electrons. The number of carbonyl (C=O) groups excluding carboxylic acids is 1. The van der Waals surface area contributed by atoms with Crippen molar-refractivity contribution in [2.24, 2.45) is 0 Å². The van der Waals surface area contributed by atoms with E-state index in [4.69, 9.17) is 4.42 Å². The number of benzene rings is 2. The number of nitrogens with zero attached hydrogens (tertiary/aromatic N) is 2. The summed E-state index contributed by atoms with van der Waals surface area (Å²) in [4.78, 5) is 32.2. The maximum atomic E-state index is 12.4. The largest absolute Gasteiger partial charge is 0.419 e. The number of amides is 1. The zero-order valence-corrected chi connectivity index (χ0v) is 15.7. The van der Waals surface area contributed by atoms with Gasteiger partial charge in [0.05, 0.1) is 16.6 Å². The third kappa shape index (κ3) is 3.69. The number of carbonyl (C=O) groups is 1. The summed E-state index contributed by atoms with van der Waals surface area (Å²) in [5.41, 5.74) is 3.71. The second-order valence-electron chi connectivity index (χ2n) is 6.80. The van der Waals surface area contributed by atoms with Gasteiger partial charge in [-0.1, -0.05) is 25.5 Å². The van der Waals surface area contributed by atoms with Crippen molar-refractivity contribution < 1.29 is 9.21 Å². The molecule has 0 aliphatic rings. The molecule has 0 bridgehead atoms. The van der Waals surface area contributed by atoms with Crippen LogP contribution >= 0.6 is 0 Å². The number of nitrogens with one attached hydrogen (secondary N) is 2. The Balaban J connectivity index is 1.43. The van der Waals surface area contributed by atoms with E-state index in [-0.39, 0.29) is 18.9 Å². The Kier molecular flexibility index (Phi) is 4.97. The topological polar surface area (TPSA) is 92.9 Å². The summed E-state index contributed by atoms with van der Waals surface area (Å²) < 4.78 is 6.67. The highest BCUT2D eigenvalue weighted by atomic mass is 16.4. The summed E-state index contributed by atoms with van der Waals surface area (Å²) in [5.74, 6) is 0.348. The minimum Gasteiger partial charge on any atom is -0.408 e. The number of rotatable bonds is 7. The van der Waals surface area contributed by atoms with Gasteiger partial charge in [-0.25, -0.2) is 9.78 Å². The Morgan fingerprint density at radius 1 is 1.25 bits per heavy atom. The molecule has 2 N–H and O–H groups in total. The summed E-state index contributed by atoms with van der Waals surface area (Å²) in [6.07, 6.45) is 3.30. The predicted octanol–water partition coefficient (Wildman–Crippen LogP) is 3.84. The van der Waals surface area contributed by atoms with Crippen molar-refractivity contribution >= 4 is 33.7 Å². The maximum Gasteiger partial charge on any atom is 0.419 e. The number of H-pyrrole nitrogens is 1. The van der Waals surface area contributed by atoms with E-state index in [1.54, 1.807) is 12.1 Å². The number of hydrogen-bond donors (Lipinski definition) is 2. The average molecular weight is 378 g/mol. The third-order valence-electron chi connectivity index (χ3n) is 4.72. The molecule has 7 nitrogen and oxygen atoms in total. The normalized spacial score (nSPS) is 11.3. The van der Waals surface area contributed by atoms with Gasteiger partial charge in [0.15, 0.2) is 5.58 Å². The van der Waals surface area contributed by atoms with Crippen molar-refractivity contribution in [3.8, 4) is 0 Å². The molecule has 2 aromatic carbocycles. The fraction of sp³-hybridized carbons (Fsp3) is 0.286. The van der Waals surface area contributed by atoms with Crippen LogP contribution in [0, 0.1) is 0 Å². The van der Waals surface area contributed by atoms with Crippen LogP contribution in [0.3, 0.4) is 0 Å². The number of oxazole rings is 1. The molecule has 0 unspecified atom stereocenters. The van der Waals surface area contributed by atoms with Crippen LogP contribution in [-0.4, -0.2) is 20.4 Å². The quantitative estimate of drug-likeness (QED) is 0.511. The minimum atomic E-state index is -0.451. The lowest BCUT2D eigenvalue weighted by Crippen LogP contribution is -2.19. The number of para-hydroxylation sites is 2. The third-order valence-corrected chi connectivity index (χ3v) is 4.72. The molecule has 7 heteroatoms. The molecule has 0 aliphatic heterocycles. The van der Waals surface area contributed by atoms with E-state index in [2.05, 4.69) is 22.2 Å². The van der Waals surface area contributed by atoms with Crippen LogP contribution in [0.2, 0.25) is 0 Å². The van der Waals surface area contributed by atoms with Crippen LogP contribution in [0.15, 0.2) is 51.7 Å². The lowest BCUT2D eigenvalue weighted by atomic mass is 10.2. The minimum absolute atomic E-state index is 0.165. The van der Waals surface area contributed by atoms with E-state index in [1.165, 1.54) is 4.57 Å². The van der Waals surface area contributed by atoms with Crippen molar-refractivity contribution in [2.45, 2.75) is 39.2 Å². The number of aryl methyl sites for hydroxylation is 2. The van der Waals surface area contributed by atoms with E-state index in [0.29, 0.717) is 16.8 Å². The van der Waals surface area contributed by atoms with Gasteiger partial charge in [-0.15, -0.1) is 0 Å². The van der Waals surface area contributed by atoms with Crippen molar-refractivity contribution in [1.82, 2.24) is 14.5 Å². The van der Waals surface area contributed by atoms with Gasteiger partial charge < -0.3 is 14.7 Å². The lowest BCUT2D eigenvalue weighted by Gasteiger charge is -2.06. The monoisotopic (exact) mass is 378 g/mol. The smallest absolute Gasteiger partial charge is 0.408 e. The molecule has 2 aromatic heterocycles. The first-order valence-corrected chi connectivity index (χ1v) is 9.51. The van der Waals surface area contributed by atoms with Gasteiger partial charge in [0.2, 0.25) is 5.91 Å². The summed E-state index contributed by atoms with van der Waals surface area (Å²) in [5, 5.41) is 2.88. The zero-order chi connectivity index (χ0) is 19.5. The first-order chi connectivity index (χ1) is 13.6. The Bertz CT molecular complexity index is 1190. The second kappa shape index (κ2) is 7.72. The highest BCUT2D eigenvalue weighted by Crippen LogP contribution is 2.18. The number of hydrogen-bond acceptors (Lipinski definition) is 4. The molecule has 0 fully saturated rings. The molecule has 2 heterocycles. The highest BCUT2D eigenvalue weighted by molar-refractivity contribution is 5.93. The molecule has 0 saturated heterocycles. The Morgan fingerprint density at radius 2 is 2.11 bits per heavy atom. The maximum absolute atomic E-state index is 12.4. The molecule has 28 heavy (non-hydrogen) atoms. The lowest BCUT2D eigenvalue weighted by molar-refractivity contribution is -0.116. The van der Waals surface area contributed by atoms with Gasteiger partial charge in [0.25, 0.3) is 0 Å². The first-order valence-electron chi connectivity index (χ1n) is 9.51. The van der Waals surface area contributed by atoms with E-state index in [0.717, 1.165) is 36.1 Å². The van der Waals surface area contributed by atoms with Crippen LogP contribution in [0.5, 0.6) is 0 Å². The van der Waals surface area contributed by atoms with Gasteiger partial charge in [-0.2, -0.15) is 0 Å². The molecule has 0 saturated carbocycles. The molecule has 4 aromatic rings. The molecular formula is C21H22N4O3. The number of anilines is 1. The van der Waals surface area contributed by atoms with Crippen LogP contribution in [-0.2, 0) is 17.8 Å². The molecule has 0 atom stereocenters. The SMILES string of the molecule is CCCCc1nc2ccc(NC(=O)CCn3c(=O)oc4ccccc43)cc2[nH]1. The number of fused-ring (bicyclic) bond motifs is 2. The van der Waals surface area contributed by atoms with Gasteiger partial charge in [0.1, 0.15) is 5.82 Å². The van der Waals surface area contributed by atoms with Crippen molar-refractivity contribution in [3.05, 3.63) is 58.8 Å². The fourth-order valence-corrected chi connectivity index (χ4v) is 3.27. The number of aromatic nitrogens is 3. The van der Waals surface area contributed by atoms with Crippen LogP contribution < -0.4 is 11.1 Å². The van der Waals surface area contributed by atoms with Crippen molar-refractivity contribution in [1.29, 1.82) is 0 Å². The standard InChI is InChI=1S/C21H22N4O3/c1-2-3-8-19-23-15-10-9-14(13-16(15)24-19)22-20(26)11-12-25-17-6-4-5-7-18(17)28-21(25)27/h4-7,9-10,13H,2-3,8,11-12H2,1H3,(H,22,26)(H,23,24). The summed E-state index contributed by atoms with van der Waals surface area (Å²) in [6, 6.07) is 12.8. The summed E-state index contributed by atoms with van der Waals surface area (Å²) >= 11 is 0. The number of unbranched alkanes of at least 4 members (excludes halogenated alkanes) is 1. The molecule has 4 rings (SSSR count). The van der Waals surface area contributed by atoms with Crippen molar-refractivity contribution in [3.63, 3.8) is 0 Å². The summed E-state index contributed by atoms with van der Waals surface area (Å²) in [7, 11) is 0. The molecule has 0 radical (unpaired) electrons. The average Bonchev–Trinajstić information content (AvgIpc) is 3.24. The Labute approximate surface area is 161 Å². The van der Waals surface area contributed by atoms with Gasteiger partial charge in [0, 0.05) is 25.1 Å². The van der Waals surface area contributed by atoms with Crippen LogP contribution in [0.1, 0.15) is 32.0 Å². The first kappa shape index (κ1) is 18.0. The van der Waals surface area contributed by atoms with E-state index in [9.17, 15) is 9.59 Å². The fourth-order valence-electron chi connectivity index (χ4n) is 3.27. The number of aromatic amines is 1. The van der Waals surface area contributed by atoms with Crippen LogP contribution in [0.4, 0.5) is 5.69 Å².